The molecule has 19 heavy (non-hydrogen) atoms. The minimum Gasteiger partial charge on any atom is -0.387 e. The lowest BCUT2D eigenvalue weighted by Gasteiger charge is -2.46. The van der Waals surface area contributed by atoms with Gasteiger partial charge in [-0.1, -0.05) is 36.7 Å². The van der Waals surface area contributed by atoms with Crippen LogP contribution in [0.1, 0.15) is 18.9 Å². The second kappa shape index (κ2) is 4.75. The maximum Gasteiger partial charge on any atom is 0.134 e. The molecule has 1 fully saturated rings. The molecule has 0 amide bonds. The van der Waals surface area contributed by atoms with Gasteiger partial charge in [0.05, 0.1) is 11.1 Å². The zero-order valence-electron chi connectivity index (χ0n) is 10.9. The number of nitrogens with zero attached hydrogens (tertiary/aromatic N) is 2. The van der Waals surface area contributed by atoms with Gasteiger partial charge in [0.1, 0.15) is 5.15 Å². The van der Waals surface area contributed by atoms with Gasteiger partial charge in [-0.25, -0.2) is 4.98 Å². The molecule has 3 nitrogen and oxygen atoms in total. The molecule has 0 unspecified atom stereocenters. The number of β-amino-alcohol motifs (C(OH)–C–C–N with tert-alkyl or cyclic N) is 1. The molecule has 0 spiro atoms. The molecule has 2 heterocycles. The standard InChI is InChI=1S/C15H17ClN2O/c1-2-15(19)9-18(10-15)8-12-7-11-5-3-4-6-13(11)17-14(12)16/h3-7,19H,2,8-10H2,1H3. The molecule has 0 atom stereocenters. The summed E-state index contributed by atoms with van der Waals surface area (Å²) in [6.45, 7) is 4.19. The number of pyridine rings is 1. The quantitative estimate of drug-likeness (QED) is 0.876. The minimum absolute atomic E-state index is 0.503. The summed E-state index contributed by atoms with van der Waals surface area (Å²) in [5, 5.41) is 11.7. The maximum absolute atomic E-state index is 10.0. The van der Waals surface area contributed by atoms with Crippen LogP contribution in [-0.2, 0) is 6.54 Å². The van der Waals surface area contributed by atoms with Crippen molar-refractivity contribution >= 4 is 22.5 Å². The average Bonchev–Trinajstić information content (AvgIpc) is 2.37. The lowest BCUT2D eigenvalue weighted by atomic mass is 9.91. The summed E-state index contributed by atoms with van der Waals surface area (Å²) in [4.78, 5) is 6.62. The van der Waals surface area contributed by atoms with Crippen LogP contribution in [0.25, 0.3) is 10.9 Å². The number of aromatic nitrogens is 1. The minimum atomic E-state index is -0.503. The second-order valence-electron chi connectivity index (χ2n) is 5.35. The summed E-state index contributed by atoms with van der Waals surface area (Å²) < 4.78 is 0. The molecule has 100 valence electrons. The Balaban J connectivity index is 1.80. The number of halogens is 1. The molecular weight excluding hydrogens is 260 g/mol. The molecule has 2 aromatic rings. The number of benzene rings is 1. The number of hydrogen-bond acceptors (Lipinski definition) is 3. The third kappa shape index (κ3) is 2.46. The lowest BCUT2D eigenvalue weighted by Crippen LogP contribution is -2.60. The van der Waals surface area contributed by atoms with E-state index in [1.54, 1.807) is 0 Å². The van der Waals surface area contributed by atoms with Gasteiger partial charge in [-0.05, 0) is 18.6 Å². The van der Waals surface area contributed by atoms with E-state index in [-0.39, 0.29) is 0 Å². The number of hydrogen-bond donors (Lipinski definition) is 1. The highest BCUT2D eigenvalue weighted by Crippen LogP contribution is 2.28. The molecule has 0 radical (unpaired) electrons. The van der Waals surface area contributed by atoms with Crippen molar-refractivity contribution in [2.24, 2.45) is 0 Å². The molecule has 0 bridgehead atoms. The van der Waals surface area contributed by atoms with Crippen molar-refractivity contribution in [3.05, 3.63) is 41.0 Å². The Hall–Kier alpha value is -1.16. The Kier molecular flexibility index (Phi) is 3.21. The van der Waals surface area contributed by atoms with E-state index in [2.05, 4.69) is 16.0 Å². The van der Waals surface area contributed by atoms with Crippen LogP contribution in [0.3, 0.4) is 0 Å². The Morgan fingerprint density at radius 3 is 2.84 bits per heavy atom. The normalized spacial score (nSPS) is 18.5. The second-order valence-corrected chi connectivity index (χ2v) is 5.71. The van der Waals surface area contributed by atoms with Crippen LogP contribution in [0.5, 0.6) is 0 Å². The van der Waals surface area contributed by atoms with Gasteiger partial charge in [0, 0.05) is 30.6 Å². The largest absolute Gasteiger partial charge is 0.387 e. The molecule has 1 N–H and O–H groups in total. The van der Waals surface area contributed by atoms with Crippen molar-refractivity contribution in [2.45, 2.75) is 25.5 Å². The van der Waals surface area contributed by atoms with Crippen LogP contribution in [0.4, 0.5) is 0 Å². The molecule has 0 saturated carbocycles. The first-order valence-corrected chi connectivity index (χ1v) is 6.96. The van der Waals surface area contributed by atoms with E-state index in [0.717, 1.165) is 29.4 Å². The van der Waals surface area contributed by atoms with E-state index in [0.29, 0.717) is 18.2 Å². The summed E-state index contributed by atoms with van der Waals surface area (Å²) in [5.41, 5.74) is 1.44. The number of likely N-dealkylation sites (tertiary alicyclic amines) is 1. The highest BCUT2D eigenvalue weighted by molar-refractivity contribution is 6.30. The molecule has 1 aliphatic rings. The molecule has 1 aromatic carbocycles. The van der Waals surface area contributed by atoms with Gasteiger partial charge < -0.3 is 5.11 Å². The third-order valence-electron chi connectivity index (χ3n) is 3.84. The third-order valence-corrected chi connectivity index (χ3v) is 4.17. The Bertz CT molecular complexity index is 608. The lowest BCUT2D eigenvalue weighted by molar-refractivity contribution is -0.103. The van der Waals surface area contributed by atoms with E-state index < -0.39 is 5.60 Å². The van der Waals surface area contributed by atoms with Gasteiger partial charge in [0.15, 0.2) is 0 Å². The van der Waals surface area contributed by atoms with Gasteiger partial charge in [-0.3, -0.25) is 4.90 Å². The first-order chi connectivity index (χ1) is 9.09. The zero-order valence-corrected chi connectivity index (χ0v) is 11.7. The molecule has 4 heteroatoms. The number of rotatable bonds is 3. The van der Waals surface area contributed by atoms with E-state index in [1.165, 1.54) is 0 Å². The molecule has 1 saturated heterocycles. The van der Waals surface area contributed by atoms with Crippen LogP contribution in [0, 0.1) is 0 Å². The summed E-state index contributed by atoms with van der Waals surface area (Å²) in [6.07, 6.45) is 0.799. The predicted molar refractivity (Wildman–Crippen MR) is 77.3 cm³/mol. The van der Waals surface area contributed by atoms with Crippen molar-refractivity contribution in [1.82, 2.24) is 9.88 Å². The van der Waals surface area contributed by atoms with Gasteiger partial charge in [-0.15, -0.1) is 0 Å². The monoisotopic (exact) mass is 276 g/mol. The van der Waals surface area contributed by atoms with Gasteiger partial charge in [-0.2, -0.15) is 0 Å². The Labute approximate surface area is 117 Å². The molecule has 1 aromatic heterocycles. The average molecular weight is 277 g/mol. The number of para-hydroxylation sites is 1. The van der Waals surface area contributed by atoms with Crippen LogP contribution in [0.2, 0.25) is 5.15 Å². The van der Waals surface area contributed by atoms with E-state index in [1.807, 2.05) is 31.2 Å². The van der Waals surface area contributed by atoms with E-state index in [9.17, 15) is 5.11 Å². The summed E-state index contributed by atoms with van der Waals surface area (Å²) in [5.74, 6) is 0. The summed E-state index contributed by atoms with van der Waals surface area (Å²) in [6, 6.07) is 10.1. The highest BCUT2D eigenvalue weighted by Gasteiger charge is 2.39. The van der Waals surface area contributed by atoms with Crippen LogP contribution in [-0.4, -0.2) is 33.7 Å². The van der Waals surface area contributed by atoms with Crippen LogP contribution in [0.15, 0.2) is 30.3 Å². The smallest absolute Gasteiger partial charge is 0.134 e. The number of aliphatic hydroxyl groups is 1. The van der Waals surface area contributed by atoms with Crippen LogP contribution >= 0.6 is 11.6 Å². The fraction of sp³-hybridized carbons (Fsp3) is 0.400. The maximum atomic E-state index is 10.0. The fourth-order valence-electron chi connectivity index (χ4n) is 2.61. The zero-order chi connectivity index (χ0) is 13.5. The SMILES string of the molecule is CCC1(O)CN(Cc2cc3ccccc3nc2Cl)C1. The van der Waals surface area contributed by atoms with Gasteiger partial charge in [0.2, 0.25) is 0 Å². The Morgan fingerprint density at radius 2 is 2.11 bits per heavy atom. The predicted octanol–water partition coefficient (Wildman–Crippen LogP) is 2.84. The van der Waals surface area contributed by atoms with Gasteiger partial charge in [0.25, 0.3) is 0 Å². The van der Waals surface area contributed by atoms with Crippen LogP contribution < -0.4 is 0 Å². The first-order valence-electron chi connectivity index (χ1n) is 6.58. The van der Waals surface area contributed by atoms with Crippen molar-refractivity contribution in [3.63, 3.8) is 0 Å². The van der Waals surface area contributed by atoms with E-state index in [4.69, 9.17) is 11.6 Å². The highest BCUT2D eigenvalue weighted by atomic mass is 35.5. The number of fused-ring (bicyclic) bond motifs is 1. The first kappa shape index (κ1) is 12.9. The molecular formula is C15H17ClN2O. The summed E-state index contributed by atoms with van der Waals surface area (Å²) >= 11 is 6.23. The van der Waals surface area contributed by atoms with E-state index >= 15 is 0 Å². The van der Waals surface area contributed by atoms with Gasteiger partial charge >= 0.3 is 0 Å². The fourth-order valence-corrected chi connectivity index (χ4v) is 2.81. The summed E-state index contributed by atoms with van der Waals surface area (Å²) in [7, 11) is 0. The Morgan fingerprint density at radius 1 is 1.37 bits per heavy atom. The van der Waals surface area contributed by atoms with Crippen molar-refractivity contribution in [2.75, 3.05) is 13.1 Å². The molecule has 0 aliphatic carbocycles. The molecule has 1 aliphatic heterocycles. The molecule has 3 rings (SSSR count). The van der Waals surface area contributed by atoms with Crippen molar-refractivity contribution in [3.8, 4) is 0 Å². The topological polar surface area (TPSA) is 36.4 Å². The van der Waals surface area contributed by atoms with Crippen molar-refractivity contribution in [1.29, 1.82) is 0 Å². The van der Waals surface area contributed by atoms with Crippen molar-refractivity contribution < 1.29 is 5.11 Å².